The third-order valence-corrected chi connectivity index (χ3v) is 5.53. The van der Waals surface area contributed by atoms with E-state index in [4.69, 9.17) is 0 Å². The minimum Gasteiger partial charge on any atom is -0.289 e. The number of piperidine rings is 1. The second kappa shape index (κ2) is 7.09. The van der Waals surface area contributed by atoms with Crippen molar-refractivity contribution >= 4 is 0 Å². The van der Waals surface area contributed by atoms with Crippen LogP contribution in [0.1, 0.15) is 36.8 Å². The maximum atomic E-state index is 14.0. The molecule has 2 aromatic carbocycles. The summed E-state index contributed by atoms with van der Waals surface area (Å²) in [6.07, 6.45) is 7.11. The predicted octanol–water partition coefficient (Wildman–Crippen LogP) is 5.26. The van der Waals surface area contributed by atoms with E-state index >= 15 is 0 Å². The van der Waals surface area contributed by atoms with Gasteiger partial charge in [-0.2, -0.15) is 0 Å². The lowest BCUT2D eigenvalue weighted by atomic mass is 9.82. The molecule has 1 saturated heterocycles. The van der Waals surface area contributed by atoms with Crippen molar-refractivity contribution in [2.45, 2.75) is 50.7 Å². The van der Waals surface area contributed by atoms with Gasteiger partial charge in [-0.25, -0.2) is 8.78 Å². The summed E-state index contributed by atoms with van der Waals surface area (Å²) < 4.78 is 28.0. The molecule has 1 fully saturated rings. The molecule has 130 valence electrons. The van der Waals surface area contributed by atoms with Gasteiger partial charge in [-0.15, -0.1) is 0 Å². The molecule has 2 bridgehead atoms. The highest BCUT2D eigenvalue weighted by Crippen LogP contribution is 2.35. The van der Waals surface area contributed by atoms with E-state index in [1.165, 1.54) is 42.2 Å². The smallest absolute Gasteiger partial charge is 0.129 e. The van der Waals surface area contributed by atoms with Crippen LogP contribution in [0.3, 0.4) is 0 Å². The molecule has 0 radical (unpaired) electrons. The van der Waals surface area contributed by atoms with Crippen LogP contribution in [0, 0.1) is 11.6 Å². The van der Waals surface area contributed by atoms with Gasteiger partial charge in [0, 0.05) is 24.2 Å². The van der Waals surface area contributed by atoms with E-state index in [2.05, 4.69) is 35.2 Å². The van der Waals surface area contributed by atoms with Crippen LogP contribution in [0.4, 0.5) is 8.78 Å². The van der Waals surface area contributed by atoms with Crippen molar-refractivity contribution in [3.8, 4) is 0 Å². The normalized spacial score (nSPS) is 23.4. The second-order valence-corrected chi connectivity index (χ2v) is 7.22. The van der Waals surface area contributed by atoms with Crippen molar-refractivity contribution in [3.05, 3.63) is 82.9 Å². The molecule has 2 aliphatic rings. The maximum absolute atomic E-state index is 14.0. The first kappa shape index (κ1) is 16.5. The van der Waals surface area contributed by atoms with Gasteiger partial charge in [0.05, 0.1) is 0 Å². The number of fused-ring (bicyclic) bond motifs is 2. The molecule has 2 atom stereocenters. The van der Waals surface area contributed by atoms with Crippen LogP contribution in [0.25, 0.3) is 0 Å². The van der Waals surface area contributed by atoms with Crippen molar-refractivity contribution < 1.29 is 8.78 Å². The Morgan fingerprint density at radius 2 is 1.68 bits per heavy atom. The Kier molecular flexibility index (Phi) is 4.67. The highest BCUT2D eigenvalue weighted by Gasteiger charge is 2.33. The van der Waals surface area contributed by atoms with Crippen LogP contribution in [0.2, 0.25) is 0 Å². The monoisotopic (exact) mass is 339 g/mol. The van der Waals surface area contributed by atoms with E-state index in [1.807, 2.05) is 6.07 Å². The topological polar surface area (TPSA) is 3.24 Å². The quantitative estimate of drug-likeness (QED) is 0.687. The first-order valence-corrected chi connectivity index (χ1v) is 9.13. The van der Waals surface area contributed by atoms with Gasteiger partial charge in [-0.3, -0.25) is 4.90 Å². The minimum atomic E-state index is -0.433. The number of benzene rings is 2. The largest absolute Gasteiger partial charge is 0.289 e. The molecule has 2 heterocycles. The summed E-state index contributed by atoms with van der Waals surface area (Å²) in [4.78, 5) is 2.57. The van der Waals surface area contributed by atoms with Gasteiger partial charge in [-0.05, 0) is 43.4 Å². The van der Waals surface area contributed by atoms with Crippen LogP contribution in [-0.2, 0) is 13.0 Å². The molecule has 1 nitrogen and oxygen atoms in total. The van der Waals surface area contributed by atoms with E-state index in [-0.39, 0.29) is 5.56 Å². The number of hydrogen-bond acceptors (Lipinski definition) is 1. The molecule has 2 aliphatic heterocycles. The molecule has 0 aliphatic carbocycles. The molecule has 0 aromatic heterocycles. The first-order chi connectivity index (χ1) is 12.2. The standard InChI is InChI=1S/C22H23F2N/c23-21-10-5-11-22(24)20(21)14-17-12-18-8-4-9-19(13-17)25(18)15-16-6-2-1-3-7-16/h1-3,5-7,10-12,18-19H,4,8-9,13-15H2. The Morgan fingerprint density at radius 3 is 2.40 bits per heavy atom. The third kappa shape index (κ3) is 3.52. The SMILES string of the molecule is Fc1cccc(F)c1CC1=CC2CCCC(C1)N2Cc1ccccc1. The summed E-state index contributed by atoms with van der Waals surface area (Å²) in [5.74, 6) is -0.865. The van der Waals surface area contributed by atoms with Crippen molar-refractivity contribution in [1.82, 2.24) is 4.90 Å². The molecule has 0 amide bonds. The molecular formula is C22H23F2N. The average Bonchev–Trinajstić information content (AvgIpc) is 2.60. The van der Waals surface area contributed by atoms with Gasteiger partial charge in [0.25, 0.3) is 0 Å². The number of hydrogen-bond donors (Lipinski definition) is 0. The van der Waals surface area contributed by atoms with Crippen molar-refractivity contribution in [1.29, 1.82) is 0 Å². The van der Waals surface area contributed by atoms with Gasteiger partial charge in [-0.1, -0.05) is 54.5 Å². The second-order valence-electron chi connectivity index (χ2n) is 7.22. The molecule has 0 saturated carbocycles. The van der Waals surface area contributed by atoms with Gasteiger partial charge in [0.1, 0.15) is 11.6 Å². The van der Waals surface area contributed by atoms with Gasteiger partial charge in [0.15, 0.2) is 0 Å². The average molecular weight is 339 g/mol. The van der Waals surface area contributed by atoms with Crippen molar-refractivity contribution in [2.24, 2.45) is 0 Å². The minimum absolute atomic E-state index is 0.211. The van der Waals surface area contributed by atoms with Crippen molar-refractivity contribution in [3.63, 3.8) is 0 Å². The summed E-state index contributed by atoms with van der Waals surface area (Å²) in [6, 6.07) is 15.5. The van der Waals surface area contributed by atoms with E-state index in [9.17, 15) is 8.78 Å². The molecule has 3 heteroatoms. The Morgan fingerprint density at radius 1 is 0.920 bits per heavy atom. The van der Waals surface area contributed by atoms with E-state index < -0.39 is 11.6 Å². The van der Waals surface area contributed by atoms with Crippen LogP contribution < -0.4 is 0 Å². The molecule has 0 spiro atoms. The molecule has 4 rings (SSSR count). The van der Waals surface area contributed by atoms with Crippen LogP contribution in [0.5, 0.6) is 0 Å². The predicted molar refractivity (Wildman–Crippen MR) is 96.2 cm³/mol. The Hall–Kier alpha value is -2.00. The molecule has 2 aromatic rings. The lowest BCUT2D eigenvalue weighted by molar-refractivity contribution is 0.0880. The zero-order chi connectivity index (χ0) is 17.2. The number of rotatable bonds is 4. The van der Waals surface area contributed by atoms with Crippen molar-refractivity contribution in [2.75, 3.05) is 0 Å². The summed E-state index contributed by atoms with van der Waals surface area (Å²) in [5, 5.41) is 0. The summed E-state index contributed by atoms with van der Waals surface area (Å²) in [7, 11) is 0. The summed E-state index contributed by atoms with van der Waals surface area (Å²) in [6.45, 7) is 0.952. The number of halogens is 2. The molecule has 0 N–H and O–H groups in total. The molecule has 25 heavy (non-hydrogen) atoms. The summed E-state index contributed by atoms with van der Waals surface area (Å²) >= 11 is 0. The Labute approximate surface area is 148 Å². The van der Waals surface area contributed by atoms with Gasteiger partial charge >= 0.3 is 0 Å². The van der Waals surface area contributed by atoms with E-state index in [0.717, 1.165) is 19.4 Å². The first-order valence-electron chi connectivity index (χ1n) is 9.13. The fraction of sp³-hybridized carbons (Fsp3) is 0.364. The van der Waals surface area contributed by atoms with E-state index in [0.29, 0.717) is 18.5 Å². The number of nitrogens with zero attached hydrogens (tertiary/aromatic N) is 1. The van der Waals surface area contributed by atoms with E-state index in [1.54, 1.807) is 0 Å². The third-order valence-electron chi connectivity index (χ3n) is 5.53. The van der Waals surface area contributed by atoms with Crippen LogP contribution in [0.15, 0.2) is 60.2 Å². The van der Waals surface area contributed by atoms with Gasteiger partial charge < -0.3 is 0 Å². The van der Waals surface area contributed by atoms with Crippen LogP contribution in [-0.4, -0.2) is 17.0 Å². The molecule has 2 unspecified atom stereocenters. The zero-order valence-corrected chi connectivity index (χ0v) is 14.3. The fourth-order valence-corrected chi connectivity index (χ4v) is 4.31. The summed E-state index contributed by atoms with van der Waals surface area (Å²) in [5.41, 5.74) is 2.72. The lowest BCUT2D eigenvalue weighted by Crippen LogP contribution is -2.48. The maximum Gasteiger partial charge on any atom is 0.129 e. The Bertz CT molecular complexity index is 749. The molecular weight excluding hydrogens is 316 g/mol. The zero-order valence-electron chi connectivity index (χ0n) is 14.3. The Balaban J connectivity index is 1.55. The highest BCUT2D eigenvalue weighted by atomic mass is 19.1. The fourth-order valence-electron chi connectivity index (χ4n) is 4.31. The van der Waals surface area contributed by atoms with Crippen LogP contribution >= 0.6 is 0 Å². The lowest BCUT2D eigenvalue weighted by Gasteiger charge is -2.45. The highest BCUT2D eigenvalue weighted by molar-refractivity contribution is 5.28. The van der Waals surface area contributed by atoms with Gasteiger partial charge in [0.2, 0.25) is 0 Å².